The average Bonchev–Trinajstić information content (AvgIpc) is 2.70. The quantitative estimate of drug-likeness (QED) is 0.681. The third kappa shape index (κ3) is 4.75. The van der Waals surface area contributed by atoms with Crippen molar-refractivity contribution in [2.75, 3.05) is 12.3 Å². The number of aryl methyl sites for hydroxylation is 1. The van der Waals surface area contributed by atoms with Crippen molar-refractivity contribution in [1.29, 1.82) is 0 Å². The molecule has 0 aliphatic rings. The largest absolute Gasteiger partial charge is 0.351 e. The molecule has 9 heteroatoms. The third-order valence-corrected chi connectivity index (χ3v) is 3.61. The minimum Gasteiger partial charge on any atom is -0.351 e. The van der Waals surface area contributed by atoms with Gasteiger partial charge in [-0.2, -0.15) is 0 Å². The molecule has 1 aromatic heterocycles. The molecule has 1 rings (SSSR count). The Labute approximate surface area is 104 Å². The SMILES string of the molecule is CCc1nnsc1C(=O)NCCCS(N)(=O)=O. The van der Waals surface area contributed by atoms with E-state index in [9.17, 15) is 13.2 Å². The highest BCUT2D eigenvalue weighted by Gasteiger charge is 2.14. The van der Waals surface area contributed by atoms with Crippen LogP contribution in [0.3, 0.4) is 0 Å². The van der Waals surface area contributed by atoms with E-state index in [0.29, 0.717) is 17.0 Å². The summed E-state index contributed by atoms with van der Waals surface area (Å²) in [5.74, 6) is -0.416. The molecule has 0 aliphatic heterocycles. The van der Waals surface area contributed by atoms with Crippen molar-refractivity contribution in [3.05, 3.63) is 10.6 Å². The number of carbonyl (C=O) groups excluding carboxylic acids is 1. The molecule has 0 radical (unpaired) electrons. The van der Waals surface area contributed by atoms with Crippen LogP contribution < -0.4 is 10.5 Å². The molecule has 0 saturated carbocycles. The Kier molecular flexibility index (Phi) is 4.97. The minimum absolute atomic E-state index is 0.144. The Bertz CT molecular complexity index is 483. The smallest absolute Gasteiger partial charge is 0.264 e. The van der Waals surface area contributed by atoms with E-state index in [0.717, 1.165) is 11.5 Å². The molecule has 0 spiro atoms. The van der Waals surface area contributed by atoms with Crippen LogP contribution in [0.15, 0.2) is 0 Å². The number of hydrogen-bond donors (Lipinski definition) is 2. The van der Waals surface area contributed by atoms with E-state index in [-0.39, 0.29) is 24.6 Å². The predicted octanol–water partition coefficient (Wildman–Crippen LogP) is -0.491. The molecule has 0 aliphatic carbocycles. The van der Waals surface area contributed by atoms with Crippen LogP contribution in [-0.4, -0.2) is 36.2 Å². The number of amides is 1. The molecule has 0 saturated heterocycles. The molecule has 0 atom stereocenters. The first-order valence-electron chi connectivity index (χ1n) is 5.04. The van der Waals surface area contributed by atoms with Gasteiger partial charge in [0.1, 0.15) is 4.88 Å². The lowest BCUT2D eigenvalue weighted by Crippen LogP contribution is -2.27. The van der Waals surface area contributed by atoms with Crippen LogP contribution in [0, 0.1) is 0 Å². The van der Waals surface area contributed by atoms with Gasteiger partial charge in [-0.1, -0.05) is 11.4 Å². The summed E-state index contributed by atoms with van der Waals surface area (Å²) >= 11 is 1.03. The van der Waals surface area contributed by atoms with Crippen molar-refractivity contribution >= 4 is 27.5 Å². The van der Waals surface area contributed by atoms with E-state index in [2.05, 4.69) is 14.9 Å². The lowest BCUT2D eigenvalue weighted by atomic mass is 10.3. The van der Waals surface area contributed by atoms with Gasteiger partial charge in [-0.25, -0.2) is 13.6 Å². The molecule has 0 bridgehead atoms. The number of rotatable bonds is 6. The molecule has 1 amide bonds. The number of sulfonamides is 1. The number of primary sulfonamides is 1. The first-order valence-corrected chi connectivity index (χ1v) is 7.53. The van der Waals surface area contributed by atoms with E-state index < -0.39 is 10.0 Å². The maximum Gasteiger partial charge on any atom is 0.264 e. The van der Waals surface area contributed by atoms with Crippen LogP contribution in [-0.2, 0) is 16.4 Å². The summed E-state index contributed by atoms with van der Waals surface area (Å²) in [5, 5.41) is 11.3. The highest BCUT2D eigenvalue weighted by Crippen LogP contribution is 2.10. The number of nitrogens with zero attached hydrogens (tertiary/aromatic N) is 2. The van der Waals surface area contributed by atoms with Crippen LogP contribution in [0.25, 0.3) is 0 Å². The summed E-state index contributed by atoms with van der Waals surface area (Å²) in [6, 6.07) is 0. The zero-order valence-electron chi connectivity index (χ0n) is 9.34. The normalized spacial score (nSPS) is 11.4. The molecule has 3 N–H and O–H groups in total. The summed E-state index contributed by atoms with van der Waals surface area (Å²) in [5.41, 5.74) is 0.652. The molecular weight excluding hydrogens is 264 g/mol. The lowest BCUT2D eigenvalue weighted by molar-refractivity contribution is 0.0956. The maximum absolute atomic E-state index is 11.6. The minimum atomic E-state index is -3.46. The third-order valence-electron chi connectivity index (χ3n) is 1.99. The first kappa shape index (κ1) is 14.0. The van der Waals surface area contributed by atoms with Crippen LogP contribution in [0.2, 0.25) is 0 Å². The monoisotopic (exact) mass is 278 g/mol. The summed E-state index contributed by atoms with van der Waals surface area (Å²) in [4.78, 5) is 12.1. The molecule has 96 valence electrons. The van der Waals surface area contributed by atoms with Gasteiger partial charge < -0.3 is 5.32 Å². The van der Waals surface area contributed by atoms with Crippen molar-refractivity contribution in [3.63, 3.8) is 0 Å². The standard InChI is InChI=1S/C8H14N4O3S2/c1-2-6-7(16-12-11-6)8(13)10-4-3-5-17(9,14)15/h2-5H2,1H3,(H,10,13)(H2,9,14,15). The van der Waals surface area contributed by atoms with Crippen molar-refractivity contribution in [2.24, 2.45) is 5.14 Å². The second-order valence-corrected chi connectivity index (χ2v) is 5.87. The van der Waals surface area contributed by atoms with Gasteiger partial charge in [0, 0.05) is 6.54 Å². The molecular formula is C8H14N4O3S2. The highest BCUT2D eigenvalue weighted by molar-refractivity contribution is 7.89. The van der Waals surface area contributed by atoms with Crippen LogP contribution in [0.4, 0.5) is 0 Å². The summed E-state index contributed by atoms with van der Waals surface area (Å²) < 4.78 is 25.0. The van der Waals surface area contributed by atoms with E-state index in [1.807, 2.05) is 6.92 Å². The second kappa shape index (κ2) is 6.03. The van der Waals surface area contributed by atoms with Crippen LogP contribution in [0.5, 0.6) is 0 Å². The Morgan fingerprint density at radius 1 is 1.53 bits per heavy atom. The fraction of sp³-hybridized carbons (Fsp3) is 0.625. The van der Waals surface area contributed by atoms with Gasteiger partial charge in [0.15, 0.2) is 0 Å². The Morgan fingerprint density at radius 2 is 2.24 bits per heavy atom. The van der Waals surface area contributed by atoms with Gasteiger partial charge in [-0.3, -0.25) is 4.79 Å². The van der Waals surface area contributed by atoms with Gasteiger partial charge in [-0.05, 0) is 24.4 Å². The molecule has 0 fully saturated rings. The van der Waals surface area contributed by atoms with E-state index >= 15 is 0 Å². The number of hydrogen-bond acceptors (Lipinski definition) is 6. The second-order valence-electron chi connectivity index (χ2n) is 3.38. The Balaban J connectivity index is 2.41. The highest BCUT2D eigenvalue weighted by atomic mass is 32.2. The zero-order valence-corrected chi connectivity index (χ0v) is 11.0. The van der Waals surface area contributed by atoms with E-state index in [1.54, 1.807) is 0 Å². The van der Waals surface area contributed by atoms with Crippen molar-refractivity contribution in [1.82, 2.24) is 14.9 Å². The van der Waals surface area contributed by atoms with Gasteiger partial charge in [-0.15, -0.1) is 5.10 Å². The molecule has 1 heterocycles. The Hall–Kier alpha value is -1.06. The van der Waals surface area contributed by atoms with Gasteiger partial charge in [0.25, 0.3) is 5.91 Å². The van der Waals surface area contributed by atoms with E-state index in [4.69, 9.17) is 5.14 Å². The summed E-state index contributed by atoms with van der Waals surface area (Å²) in [6.07, 6.45) is 0.925. The average molecular weight is 278 g/mol. The fourth-order valence-electron chi connectivity index (χ4n) is 1.17. The molecule has 0 aromatic carbocycles. The van der Waals surface area contributed by atoms with E-state index in [1.165, 1.54) is 0 Å². The number of aromatic nitrogens is 2. The summed E-state index contributed by atoms with van der Waals surface area (Å²) in [7, 11) is -3.46. The predicted molar refractivity (Wildman–Crippen MR) is 64.2 cm³/mol. The fourth-order valence-corrected chi connectivity index (χ4v) is 2.38. The zero-order chi connectivity index (χ0) is 12.9. The van der Waals surface area contributed by atoms with Crippen molar-refractivity contribution < 1.29 is 13.2 Å². The number of nitrogens with two attached hydrogens (primary N) is 1. The molecule has 0 unspecified atom stereocenters. The van der Waals surface area contributed by atoms with Crippen molar-refractivity contribution in [2.45, 2.75) is 19.8 Å². The molecule has 7 nitrogen and oxygen atoms in total. The van der Waals surface area contributed by atoms with Gasteiger partial charge >= 0.3 is 0 Å². The number of nitrogens with one attached hydrogen (secondary N) is 1. The lowest BCUT2D eigenvalue weighted by Gasteiger charge is -2.03. The van der Waals surface area contributed by atoms with Crippen LogP contribution in [0.1, 0.15) is 28.7 Å². The van der Waals surface area contributed by atoms with Crippen molar-refractivity contribution in [3.8, 4) is 0 Å². The topological polar surface area (TPSA) is 115 Å². The first-order chi connectivity index (χ1) is 7.94. The van der Waals surface area contributed by atoms with Gasteiger partial charge in [0.05, 0.1) is 11.4 Å². The molecule has 17 heavy (non-hydrogen) atoms. The maximum atomic E-state index is 11.6. The Morgan fingerprint density at radius 3 is 2.82 bits per heavy atom. The molecule has 1 aromatic rings. The number of carbonyl (C=O) groups is 1. The van der Waals surface area contributed by atoms with Crippen LogP contribution >= 0.6 is 11.5 Å². The summed E-state index contributed by atoms with van der Waals surface area (Å²) in [6.45, 7) is 2.14. The van der Waals surface area contributed by atoms with Gasteiger partial charge in [0.2, 0.25) is 10.0 Å².